The molecule has 1 atom stereocenters. The smallest absolute Gasteiger partial charge is 0.246 e. The van der Waals surface area contributed by atoms with Crippen molar-refractivity contribution >= 4 is 5.91 Å². The van der Waals surface area contributed by atoms with E-state index in [2.05, 4.69) is 18.5 Å². The molecule has 2 rings (SSSR count). The maximum atomic E-state index is 11.7. The average molecular weight is 240 g/mol. The highest BCUT2D eigenvalue weighted by Crippen LogP contribution is 2.23. The Balaban J connectivity index is 2.15. The van der Waals surface area contributed by atoms with E-state index in [9.17, 15) is 4.79 Å². The monoisotopic (exact) mass is 240 g/mol. The molecule has 1 unspecified atom stereocenters. The Morgan fingerprint density at radius 3 is 2.53 bits per heavy atom. The minimum absolute atomic E-state index is 0.0335. The molecule has 17 heavy (non-hydrogen) atoms. The molecule has 2 heterocycles. The van der Waals surface area contributed by atoms with Crippen molar-refractivity contribution in [3.8, 4) is 0 Å². The molecule has 96 valence electrons. The summed E-state index contributed by atoms with van der Waals surface area (Å²) < 4.78 is 11.2. The molecular weight excluding hydrogens is 220 g/mol. The molecule has 5 heteroatoms. The van der Waals surface area contributed by atoms with Crippen molar-refractivity contribution in [2.24, 2.45) is 0 Å². The van der Waals surface area contributed by atoms with E-state index in [-0.39, 0.29) is 11.4 Å². The van der Waals surface area contributed by atoms with E-state index in [1.54, 1.807) is 4.90 Å². The zero-order chi connectivity index (χ0) is 12.3. The number of amides is 1. The Morgan fingerprint density at radius 1 is 1.29 bits per heavy atom. The minimum atomic E-state index is -0.201. The number of hydrogen-bond acceptors (Lipinski definition) is 4. The Morgan fingerprint density at radius 2 is 1.94 bits per heavy atom. The van der Waals surface area contributed by atoms with Gasteiger partial charge in [0.05, 0.1) is 32.0 Å². The largest absolute Gasteiger partial charge is 0.378 e. The van der Waals surface area contributed by atoms with Gasteiger partial charge in [0.25, 0.3) is 0 Å². The number of carbonyl (C=O) groups is 1. The molecule has 2 aliphatic rings. The van der Waals surface area contributed by atoms with E-state index in [0.29, 0.717) is 32.9 Å². The lowest BCUT2D eigenvalue weighted by Gasteiger charge is -2.45. The van der Waals surface area contributed by atoms with Crippen molar-refractivity contribution < 1.29 is 14.3 Å². The third kappa shape index (κ3) is 2.51. The van der Waals surface area contributed by atoms with Crippen LogP contribution in [0.25, 0.3) is 0 Å². The normalized spacial score (nSPS) is 31.2. The molecule has 0 aliphatic carbocycles. The summed E-state index contributed by atoms with van der Waals surface area (Å²) in [5.74, 6) is -0.0335. The fourth-order valence-corrected chi connectivity index (χ4v) is 2.36. The van der Waals surface area contributed by atoms with Gasteiger partial charge in [-0.2, -0.15) is 0 Å². The molecule has 1 amide bonds. The highest BCUT2D eigenvalue weighted by atomic mass is 16.5. The van der Waals surface area contributed by atoms with Crippen LogP contribution in [0.1, 0.15) is 0 Å². The number of ether oxygens (including phenoxy) is 2. The first kappa shape index (κ1) is 12.5. The average Bonchev–Trinajstić information content (AvgIpc) is 2.56. The molecule has 0 N–H and O–H groups in total. The van der Waals surface area contributed by atoms with Gasteiger partial charge in [0.1, 0.15) is 0 Å². The van der Waals surface area contributed by atoms with Gasteiger partial charge in [-0.1, -0.05) is 6.58 Å². The summed E-state index contributed by atoms with van der Waals surface area (Å²) in [7, 11) is 2.06. The fraction of sp³-hybridized carbons (Fsp3) is 0.750. The van der Waals surface area contributed by atoms with Crippen LogP contribution >= 0.6 is 0 Å². The maximum absolute atomic E-state index is 11.7. The first-order valence-electron chi connectivity index (χ1n) is 5.96. The SMILES string of the molecule is C=CC(=O)N1CCOCC2(COCCN2C)C1. The van der Waals surface area contributed by atoms with Crippen molar-refractivity contribution in [2.45, 2.75) is 5.54 Å². The molecule has 0 aromatic heterocycles. The van der Waals surface area contributed by atoms with Crippen LogP contribution in [0, 0.1) is 0 Å². The lowest BCUT2D eigenvalue weighted by atomic mass is 9.97. The summed E-state index contributed by atoms with van der Waals surface area (Å²) in [5, 5.41) is 0. The Kier molecular flexibility index (Phi) is 3.81. The van der Waals surface area contributed by atoms with Crippen LogP contribution in [0.4, 0.5) is 0 Å². The highest BCUT2D eigenvalue weighted by molar-refractivity contribution is 5.87. The molecule has 0 aromatic rings. The second-order valence-electron chi connectivity index (χ2n) is 4.71. The summed E-state index contributed by atoms with van der Waals surface area (Å²) in [5.41, 5.74) is -0.201. The standard InChI is InChI=1S/C12H20N2O3/c1-3-11(15)14-5-7-17-10-12(8-14)9-16-6-4-13(12)2/h3H,1,4-10H2,2H3. The van der Waals surface area contributed by atoms with Gasteiger partial charge >= 0.3 is 0 Å². The van der Waals surface area contributed by atoms with Gasteiger partial charge in [-0.15, -0.1) is 0 Å². The third-order valence-corrected chi connectivity index (χ3v) is 3.60. The Bertz CT molecular complexity index is 308. The van der Waals surface area contributed by atoms with Crippen LogP contribution in [0.3, 0.4) is 0 Å². The molecule has 0 bridgehead atoms. The number of nitrogens with zero attached hydrogens (tertiary/aromatic N) is 2. The van der Waals surface area contributed by atoms with Gasteiger partial charge in [0.2, 0.25) is 5.91 Å². The van der Waals surface area contributed by atoms with Crippen LogP contribution in [0.2, 0.25) is 0 Å². The number of likely N-dealkylation sites (N-methyl/N-ethyl adjacent to an activating group) is 1. The minimum Gasteiger partial charge on any atom is -0.378 e. The van der Waals surface area contributed by atoms with Crippen LogP contribution in [-0.4, -0.2) is 74.4 Å². The van der Waals surface area contributed by atoms with Crippen LogP contribution in [0.15, 0.2) is 12.7 Å². The van der Waals surface area contributed by atoms with Gasteiger partial charge < -0.3 is 14.4 Å². The summed E-state index contributed by atoms with van der Waals surface area (Å²) in [6.07, 6.45) is 1.36. The molecule has 0 aromatic carbocycles. The number of morpholine rings is 1. The van der Waals surface area contributed by atoms with Gasteiger partial charge in [-0.3, -0.25) is 9.69 Å². The van der Waals surface area contributed by atoms with Crippen molar-refractivity contribution in [2.75, 3.05) is 53.1 Å². The molecule has 0 radical (unpaired) electrons. The van der Waals surface area contributed by atoms with Crippen LogP contribution in [0.5, 0.6) is 0 Å². The lowest BCUT2D eigenvalue weighted by molar-refractivity contribution is -0.130. The van der Waals surface area contributed by atoms with E-state index in [1.807, 2.05) is 0 Å². The summed E-state index contributed by atoms with van der Waals surface area (Å²) in [4.78, 5) is 15.8. The lowest BCUT2D eigenvalue weighted by Crippen LogP contribution is -2.62. The molecule has 2 fully saturated rings. The van der Waals surface area contributed by atoms with E-state index < -0.39 is 0 Å². The predicted molar refractivity (Wildman–Crippen MR) is 63.8 cm³/mol. The van der Waals surface area contributed by atoms with Gasteiger partial charge in [-0.25, -0.2) is 0 Å². The topological polar surface area (TPSA) is 42.0 Å². The number of rotatable bonds is 1. The molecule has 2 aliphatic heterocycles. The number of carbonyl (C=O) groups excluding carboxylic acids is 1. The van der Waals surface area contributed by atoms with Crippen molar-refractivity contribution in [1.29, 1.82) is 0 Å². The first-order valence-corrected chi connectivity index (χ1v) is 5.96. The van der Waals surface area contributed by atoms with Crippen LogP contribution < -0.4 is 0 Å². The molecule has 2 saturated heterocycles. The van der Waals surface area contributed by atoms with Crippen LogP contribution in [-0.2, 0) is 14.3 Å². The van der Waals surface area contributed by atoms with Crippen molar-refractivity contribution in [3.05, 3.63) is 12.7 Å². The predicted octanol–water partition coefficient (Wildman–Crippen LogP) is -0.268. The highest BCUT2D eigenvalue weighted by Gasteiger charge is 2.41. The molecule has 0 saturated carbocycles. The van der Waals surface area contributed by atoms with Gasteiger partial charge in [-0.05, 0) is 13.1 Å². The summed E-state index contributed by atoms with van der Waals surface area (Å²) in [6.45, 7) is 8.24. The zero-order valence-electron chi connectivity index (χ0n) is 10.4. The van der Waals surface area contributed by atoms with Crippen molar-refractivity contribution in [1.82, 2.24) is 9.80 Å². The quantitative estimate of drug-likeness (QED) is 0.592. The van der Waals surface area contributed by atoms with E-state index >= 15 is 0 Å². The summed E-state index contributed by atoms with van der Waals surface area (Å²) >= 11 is 0. The Labute approximate surface area is 102 Å². The fourth-order valence-electron chi connectivity index (χ4n) is 2.36. The first-order chi connectivity index (χ1) is 8.18. The molecule has 1 spiro atoms. The maximum Gasteiger partial charge on any atom is 0.246 e. The third-order valence-electron chi connectivity index (χ3n) is 3.60. The van der Waals surface area contributed by atoms with E-state index in [0.717, 1.165) is 13.2 Å². The molecular formula is C12H20N2O3. The van der Waals surface area contributed by atoms with Crippen molar-refractivity contribution in [3.63, 3.8) is 0 Å². The van der Waals surface area contributed by atoms with Gasteiger partial charge in [0, 0.05) is 19.6 Å². The van der Waals surface area contributed by atoms with E-state index in [1.165, 1.54) is 6.08 Å². The molecule has 5 nitrogen and oxygen atoms in total. The zero-order valence-corrected chi connectivity index (χ0v) is 10.4. The number of hydrogen-bond donors (Lipinski definition) is 0. The Hall–Kier alpha value is -0.910. The second-order valence-corrected chi connectivity index (χ2v) is 4.71. The van der Waals surface area contributed by atoms with Gasteiger partial charge in [0.15, 0.2) is 0 Å². The summed E-state index contributed by atoms with van der Waals surface area (Å²) in [6, 6.07) is 0. The second kappa shape index (κ2) is 5.16. The van der Waals surface area contributed by atoms with E-state index in [4.69, 9.17) is 9.47 Å².